The number of carbonyl (C=O) groups is 1. The van der Waals surface area contributed by atoms with Crippen molar-refractivity contribution in [3.05, 3.63) is 12.7 Å². The zero-order chi connectivity index (χ0) is 17.4. The van der Waals surface area contributed by atoms with Crippen LogP contribution in [0.5, 0.6) is 0 Å². The minimum absolute atomic E-state index is 0.434. The molecule has 0 aliphatic rings. The molecular weight excluding hydrogens is 316 g/mol. The van der Waals surface area contributed by atoms with Crippen molar-refractivity contribution in [2.45, 2.75) is 70.1 Å². The van der Waals surface area contributed by atoms with Gasteiger partial charge in [0.1, 0.15) is 11.7 Å². The average molecular weight is 349 g/mol. The first-order valence-corrected chi connectivity index (χ1v) is 13.8. The maximum absolute atomic E-state index is 11.5. The topological polar surface area (TPSA) is 76.0 Å². The normalized spacial score (nSPS) is 17.4. The molecule has 7 heteroatoms. The highest BCUT2D eigenvalue weighted by atomic mass is 28.4. The van der Waals surface area contributed by atoms with E-state index in [-0.39, 0.29) is 0 Å². The molecule has 3 unspecified atom stereocenters. The van der Waals surface area contributed by atoms with Crippen LogP contribution in [0.4, 0.5) is 0 Å². The van der Waals surface area contributed by atoms with E-state index in [1.807, 2.05) is 6.92 Å². The Morgan fingerprint density at radius 2 is 2.05 bits per heavy atom. The highest BCUT2D eigenvalue weighted by Crippen LogP contribution is 2.29. The van der Waals surface area contributed by atoms with E-state index < -0.39 is 41.6 Å². The van der Waals surface area contributed by atoms with Gasteiger partial charge in [-0.3, -0.25) is 0 Å². The Morgan fingerprint density at radius 1 is 1.45 bits per heavy atom. The molecule has 0 amide bonds. The van der Waals surface area contributed by atoms with Crippen LogP contribution in [0.2, 0.25) is 32.2 Å². The van der Waals surface area contributed by atoms with Crippen molar-refractivity contribution < 1.29 is 23.9 Å². The number of aliphatic hydroxyl groups is 2. The summed E-state index contributed by atoms with van der Waals surface area (Å²) in [5.74, 6) is -0.571. The molecule has 0 aromatic carbocycles. The Balaban J connectivity index is 4.71. The lowest BCUT2D eigenvalue weighted by atomic mass is 9.88. The van der Waals surface area contributed by atoms with Crippen LogP contribution in [-0.4, -0.2) is 51.9 Å². The maximum atomic E-state index is 11.5. The Labute approximate surface area is 137 Å². The highest BCUT2D eigenvalue weighted by Gasteiger charge is 2.39. The molecule has 0 fully saturated rings. The van der Waals surface area contributed by atoms with E-state index in [0.717, 1.165) is 18.5 Å². The van der Waals surface area contributed by atoms with Gasteiger partial charge in [-0.05, 0) is 51.5 Å². The molecule has 0 aromatic rings. The lowest BCUT2D eigenvalue weighted by Crippen LogP contribution is -2.48. The fraction of sp³-hybridized carbons (Fsp3) is 0.800. The third kappa shape index (κ3) is 7.69. The number of esters is 1. The van der Waals surface area contributed by atoms with Crippen LogP contribution in [0.25, 0.3) is 0 Å². The van der Waals surface area contributed by atoms with E-state index >= 15 is 0 Å². The van der Waals surface area contributed by atoms with E-state index in [4.69, 9.17) is 8.85 Å². The standard InChI is InChI=1S/C15H32O5Si2/c1-7-14(18)19-15(8-2,13(17)12-16)10-9-11-21(3)20-22(4,5)6/h7,13,16-17,21H,1,8-12H2,2-6H3. The van der Waals surface area contributed by atoms with Gasteiger partial charge < -0.3 is 19.1 Å². The maximum Gasteiger partial charge on any atom is 0.330 e. The molecule has 0 radical (unpaired) electrons. The van der Waals surface area contributed by atoms with E-state index in [0.29, 0.717) is 12.8 Å². The molecule has 0 aromatic heterocycles. The molecular formula is C15H32O5Si2. The average Bonchev–Trinajstić information content (AvgIpc) is 2.43. The molecule has 0 spiro atoms. The summed E-state index contributed by atoms with van der Waals surface area (Å²) in [4.78, 5) is 11.5. The summed E-state index contributed by atoms with van der Waals surface area (Å²) in [6.45, 7) is 13.5. The van der Waals surface area contributed by atoms with Crippen molar-refractivity contribution in [1.82, 2.24) is 0 Å². The lowest BCUT2D eigenvalue weighted by molar-refractivity contribution is -0.173. The van der Waals surface area contributed by atoms with Gasteiger partial charge in [0.2, 0.25) is 0 Å². The Bertz CT molecular complexity index is 356. The second-order valence-electron chi connectivity index (χ2n) is 6.67. The molecule has 0 aliphatic heterocycles. The van der Waals surface area contributed by atoms with Crippen molar-refractivity contribution in [3.8, 4) is 0 Å². The largest absolute Gasteiger partial charge is 0.458 e. The third-order valence-corrected chi connectivity index (χ3v) is 9.27. The first-order valence-electron chi connectivity index (χ1n) is 7.92. The zero-order valence-electron chi connectivity index (χ0n) is 14.6. The summed E-state index contributed by atoms with van der Waals surface area (Å²) < 4.78 is 11.5. The van der Waals surface area contributed by atoms with Crippen LogP contribution in [0, 0.1) is 0 Å². The minimum Gasteiger partial charge on any atom is -0.458 e. The van der Waals surface area contributed by atoms with Gasteiger partial charge in [-0.25, -0.2) is 4.79 Å². The number of rotatable bonds is 11. The number of hydrogen-bond acceptors (Lipinski definition) is 5. The third-order valence-electron chi connectivity index (χ3n) is 3.61. The summed E-state index contributed by atoms with van der Waals surface area (Å²) in [5.41, 5.74) is -1.05. The van der Waals surface area contributed by atoms with Crippen molar-refractivity contribution in [3.63, 3.8) is 0 Å². The molecule has 130 valence electrons. The van der Waals surface area contributed by atoms with E-state index in [1.165, 1.54) is 0 Å². The second kappa shape index (κ2) is 9.62. The summed E-state index contributed by atoms with van der Waals surface area (Å²) in [6, 6.07) is 0.954. The number of aliphatic hydroxyl groups excluding tert-OH is 2. The highest BCUT2D eigenvalue weighted by molar-refractivity contribution is 6.77. The molecule has 0 bridgehead atoms. The fourth-order valence-electron chi connectivity index (χ4n) is 2.53. The first-order chi connectivity index (χ1) is 10.1. The summed E-state index contributed by atoms with van der Waals surface area (Å²) >= 11 is 0. The van der Waals surface area contributed by atoms with Crippen molar-refractivity contribution in [2.75, 3.05) is 6.61 Å². The number of hydrogen-bond donors (Lipinski definition) is 2. The predicted octanol–water partition coefficient (Wildman–Crippen LogP) is 2.20. The molecule has 0 heterocycles. The number of ether oxygens (including phenoxy) is 1. The van der Waals surface area contributed by atoms with Gasteiger partial charge in [-0.15, -0.1) is 0 Å². The van der Waals surface area contributed by atoms with Gasteiger partial charge in [-0.2, -0.15) is 0 Å². The van der Waals surface area contributed by atoms with Crippen LogP contribution >= 0.6 is 0 Å². The molecule has 22 heavy (non-hydrogen) atoms. The van der Waals surface area contributed by atoms with Gasteiger partial charge in [0.15, 0.2) is 17.4 Å². The molecule has 0 saturated carbocycles. The van der Waals surface area contributed by atoms with E-state index in [2.05, 4.69) is 32.8 Å². The number of carbonyl (C=O) groups excluding carboxylic acids is 1. The lowest BCUT2D eigenvalue weighted by Gasteiger charge is -2.36. The van der Waals surface area contributed by atoms with Gasteiger partial charge in [0.25, 0.3) is 0 Å². The Hall–Kier alpha value is -0.476. The van der Waals surface area contributed by atoms with Crippen LogP contribution < -0.4 is 0 Å². The summed E-state index contributed by atoms with van der Waals surface area (Å²) in [5, 5.41) is 19.4. The molecule has 0 aliphatic carbocycles. The van der Waals surface area contributed by atoms with Gasteiger partial charge in [0, 0.05) is 6.08 Å². The first kappa shape index (κ1) is 21.5. The predicted molar refractivity (Wildman–Crippen MR) is 93.9 cm³/mol. The second-order valence-corrected chi connectivity index (χ2v) is 14.0. The smallest absolute Gasteiger partial charge is 0.330 e. The fourth-order valence-corrected chi connectivity index (χ4v) is 8.61. The minimum atomic E-state index is -1.51. The van der Waals surface area contributed by atoms with Crippen molar-refractivity contribution in [2.24, 2.45) is 0 Å². The van der Waals surface area contributed by atoms with Gasteiger partial charge >= 0.3 is 5.97 Å². The molecule has 0 saturated heterocycles. The molecule has 3 atom stereocenters. The SMILES string of the molecule is C=CC(=O)OC(CC)(CCC[SiH](C)O[Si](C)(C)C)C(O)CO. The van der Waals surface area contributed by atoms with E-state index in [1.54, 1.807) is 0 Å². The van der Waals surface area contributed by atoms with E-state index in [9.17, 15) is 15.0 Å². The quantitative estimate of drug-likeness (QED) is 0.340. The molecule has 0 rings (SSSR count). The van der Waals surface area contributed by atoms with Crippen LogP contribution in [0.1, 0.15) is 26.2 Å². The van der Waals surface area contributed by atoms with Crippen LogP contribution in [0.3, 0.4) is 0 Å². The Morgan fingerprint density at radius 3 is 2.45 bits per heavy atom. The monoisotopic (exact) mass is 348 g/mol. The summed E-state index contributed by atoms with van der Waals surface area (Å²) in [7, 11) is -2.77. The van der Waals surface area contributed by atoms with Crippen LogP contribution in [0.15, 0.2) is 12.7 Å². The molecule has 2 N–H and O–H groups in total. The van der Waals surface area contributed by atoms with Crippen molar-refractivity contribution in [1.29, 1.82) is 0 Å². The molecule has 5 nitrogen and oxygen atoms in total. The van der Waals surface area contributed by atoms with Crippen LogP contribution in [-0.2, 0) is 13.6 Å². The van der Waals surface area contributed by atoms with Crippen molar-refractivity contribution >= 4 is 23.3 Å². The zero-order valence-corrected chi connectivity index (χ0v) is 16.7. The summed E-state index contributed by atoms with van der Waals surface area (Å²) in [6.07, 6.45) is 1.75. The van der Waals surface area contributed by atoms with Gasteiger partial charge in [-0.1, -0.05) is 13.5 Å². The Kier molecular flexibility index (Phi) is 9.41. The van der Waals surface area contributed by atoms with Gasteiger partial charge in [0.05, 0.1) is 6.61 Å².